The number of nitrogens with one attached hydrogen (secondary N) is 3. The van der Waals surface area contributed by atoms with Crippen molar-refractivity contribution in [2.75, 3.05) is 11.9 Å². The molecule has 9 heteroatoms. The molecule has 1 aromatic heterocycles. The fraction of sp³-hybridized carbons (Fsp3) is 0.333. The number of hydrogen-bond donors (Lipinski definition) is 3. The van der Waals surface area contributed by atoms with Gasteiger partial charge in [-0.1, -0.05) is 19.1 Å². The molecule has 2 amide bonds. The molecule has 0 bridgehead atoms. The predicted molar refractivity (Wildman–Crippen MR) is 97.2 cm³/mol. The van der Waals surface area contributed by atoms with Crippen molar-refractivity contribution in [3.63, 3.8) is 0 Å². The van der Waals surface area contributed by atoms with E-state index in [4.69, 9.17) is 12.2 Å². The summed E-state index contributed by atoms with van der Waals surface area (Å²) in [6, 6.07) is 7.26. The van der Waals surface area contributed by atoms with Gasteiger partial charge in [-0.2, -0.15) is 5.10 Å². The minimum atomic E-state index is -0.306. The molecule has 0 atom stereocenters. The number of aromatic amines is 1. The van der Waals surface area contributed by atoms with Gasteiger partial charge in [0.25, 0.3) is 0 Å². The molecule has 0 aliphatic carbocycles. The number of rotatable bonds is 7. The van der Waals surface area contributed by atoms with E-state index in [1.165, 1.54) is 0 Å². The number of carbonyl (C=O) groups excluding carboxylic acids is 2. The first kappa shape index (κ1) is 18.3. The zero-order valence-corrected chi connectivity index (χ0v) is 15.5. The maximum absolute atomic E-state index is 12.0. The quantitative estimate of drug-likeness (QED) is 0.609. The van der Waals surface area contributed by atoms with Gasteiger partial charge in [-0.25, -0.2) is 0 Å². The Bertz CT molecular complexity index is 786. The van der Waals surface area contributed by atoms with Crippen LogP contribution in [0.2, 0.25) is 0 Å². The van der Waals surface area contributed by atoms with Crippen molar-refractivity contribution in [3.8, 4) is 0 Å². The average Bonchev–Trinajstić information content (AvgIpc) is 2.89. The molecule has 0 fully saturated rings. The topological polar surface area (TPSA) is 91.8 Å². The Hall–Kier alpha value is -2.00. The van der Waals surface area contributed by atoms with E-state index in [2.05, 4.69) is 36.8 Å². The molecule has 0 aliphatic heterocycles. The Labute approximate surface area is 153 Å². The first-order chi connectivity index (χ1) is 11.5. The monoisotopic (exact) mass is 411 g/mol. The lowest BCUT2D eigenvalue weighted by atomic mass is 10.3. The number of aryl methyl sites for hydroxylation is 1. The number of hydrogen-bond acceptors (Lipinski definition) is 4. The average molecular weight is 412 g/mol. The minimum Gasteiger partial charge on any atom is -0.345 e. The standard InChI is InChI=1S/C15H18BrN5O2S/c1-2-5-12-19-20-15(24)21(12)9-14(23)17-8-13(22)18-11-7-4-3-6-10(11)16/h3-4,6-7H,2,5,8-9H2,1H3,(H,17,23)(H,18,22)(H,20,24). The number of benzene rings is 1. The van der Waals surface area contributed by atoms with Gasteiger partial charge in [0.15, 0.2) is 4.77 Å². The molecular weight excluding hydrogens is 394 g/mol. The molecule has 0 spiro atoms. The van der Waals surface area contributed by atoms with Crippen molar-refractivity contribution >= 4 is 45.6 Å². The van der Waals surface area contributed by atoms with E-state index in [0.29, 0.717) is 10.5 Å². The molecule has 0 saturated carbocycles. The molecule has 24 heavy (non-hydrogen) atoms. The zero-order valence-electron chi connectivity index (χ0n) is 13.1. The van der Waals surface area contributed by atoms with Gasteiger partial charge in [-0.15, -0.1) is 0 Å². The van der Waals surface area contributed by atoms with E-state index in [0.717, 1.165) is 23.1 Å². The first-order valence-corrected chi connectivity index (χ1v) is 8.66. The second-order valence-electron chi connectivity index (χ2n) is 5.09. The number of aromatic nitrogens is 3. The molecule has 1 aromatic carbocycles. The van der Waals surface area contributed by atoms with Crippen LogP contribution in [0.25, 0.3) is 0 Å². The number of nitrogens with zero attached hydrogens (tertiary/aromatic N) is 2. The largest absolute Gasteiger partial charge is 0.345 e. The predicted octanol–water partition coefficient (Wildman–Crippen LogP) is 2.41. The molecule has 0 radical (unpaired) electrons. The van der Waals surface area contributed by atoms with Gasteiger partial charge < -0.3 is 10.6 Å². The molecule has 2 aromatic rings. The van der Waals surface area contributed by atoms with E-state index in [1.54, 1.807) is 10.6 Å². The van der Waals surface area contributed by atoms with Crippen molar-refractivity contribution in [2.45, 2.75) is 26.3 Å². The number of anilines is 1. The fourth-order valence-corrected chi connectivity index (χ4v) is 2.66. The van der Waals surface area contributed by atoms with Crippen LogP contribution < -0.4 is 10.6 Å². The van der Waals surface area contributed by atoms with E-state index in [-0.39, 0.29) is 24.9 Å². The summed E-state index contributed by atoms with van der Waals surface area (Å²) in [5.41, 5.74) is 0.652. The molecule has 7 nitrogen and oxygen atoms in total. The molecule has 0 aliphatic rings. The maximum Gasteiger partial charge on any atom is 0.243 e. The summed E-state index contributed by atoms with van der Waals surface area (Å²) in [6.45, 7) is 1.94. The van der Waals surface area contributed by atoms with Crippen LogP contribution in [0.3, 0.4) is 0 Å². The Morgan fingerprint density at radius 3 is 2.79 bits per heavy atom. The number of H-pyrrole nitrogens is 1. The Morgan fingerprint density at radius 1 is 1.33 bits per heavy atom. The van der Waals surface area contributed by atoms with Gasteiger partial charge in [-0.05, 0) is 46.7 Å². The second kappa shape index (κ2) is 8.74. The van der Waals surface area contributed by atoms with Crippen molar-refractivity contribution in [1.29, 1.82) is 0 Å². The smallest absolute Gasteiger partial charge is 0.243 e. The maximum atomic E-state index is 12.0. The number of para-hydroxylation sites is 1. The number of carbonyl (C=O) groups is 2. The van der Waals surface area contributed by atoms with Crippen LogP contribution in [0.1, 0.15) is 19.2 Å². The van der Waals surface area contributed by atoms with Gasteiger partial charge in [0.2, 0.25) is 11.8 Å². The summed E-state index contributed by atoms with van der Waals surface area (Å²) in [4.78, 5) is 23.9. The highest BCUT2D eigenvalue weighted by molar-refractivity contribution is 9.10. The number of amides is 2. The minimum absolute atomic E-state index is 0.0347. The van der Waals surface area contributed by atoms with Gasteiger partial charge in [0, 0.05) is 10.9 Å². The Kier molecular flexibility index (Phi) is 6.68. The molecule has 0 unspecified atom stereocenters. The molecule has 1 heterocycles. The summed E-state index contributed by atoms with van der Waals surface area (Å²) < 4.78 is 2.81. The summed E-state index contributed by atoms with van der Waals surface area (Å²) in [5.74, 6) is 0.127. The van der Waals surface area contributed by atoms with E-state index >= 15 is 0 Å². The highest BCUT2D eigenvalue weighted by atomic mass is 79.9. The SMILES string of the molecule is CCCc1n[nH]c(=S)n1CC(=O)NCC(=O)Nc1ccccc1Br. The summed E-state index contributed by atoms with van der Waals surface area (Å²) in [7, 11) is 0. The normalized spacial score (nSPS) is 10.4. The highest BCUT2D eigenvalue weighted by Gasteiger charge is 2.11. The van der Waals surface area contributed by atoms with Crippen LogP contribution in [0, 0.1) is 4.77 Å². The lowest BCUT2D eigenvalue weighted by molar-refractivity contribution is -0.124. The molecule has 128 valence electrons. The Morgan fingerprint density at radius 2 is 2.08 bits per heavy atom. The number of halogens is 1. The van der Waals surface area contributed by atoms with Crippen molar-refractivity contribution in [2.24, 2.45) is 0 Å². The lowest BCUT2D eigenvalue weighted by Gasteiger charge is -2.09. The van der Waals surface area contributed by atoms with Gasteiger partial charge in [0.1, 0.15) is 12.4 Å². The van der Waals surface area contributed by atoms with Crippen molar-refractivity contribution < 1.29 is 9.59 Å². The van der Waals surface area contributed by atoms with Gasteiger partial charge in [0.05, 0.1) is 12.2 Å². The van der Waals surface area contributed by atoms with E-state index in [9.17, 15) is 9.59 Å². The van der Waals surface area contributed by atoms with Crippen LogP contribution in [-0.4, -0.2) is 33.1 Å². The van der Waals surface area contributed by atoms with Gasteiger partial charge >= 0.3 is 0 Å². The summed E-state index contributed by atoms with van der Waals surface area (Å²) in [5, 5.41) is 12.1. The highest BCUT2D eigenvalue weighted by Crippen LogP contribution is 2.20. The second-order valence-corrected chi connectivity index (χ2v) is 6.33. The zero-order chi connectivity index (χ0) is 17.5. The third-order valence-corrected chi connectivity index (χ3v) is 4.21. The molecule has 2 rings (SSSR count). The molecular formula is C15H18BrN5O2S. The molecule has 0 saturated heterocycles. The lowest BCUT2D eigenvalue weighted by Crippen LogP contribution is -2.35. The third-order valence-electron chi connectivity index (χ3n) is 3.21. The summed E-state index contributed by atoms with van der Waals surface area (Å²) >= 11 is 8.47. The Balaban J connectivity index is 1.87. The van der Waals surface area contributed by atoms with E-state index in [1.807, 2.05) is 25.1 Å². The van der Waals surface area contributed by atoms with Crippen LogP contribution >= 0.6 is 28.1 Å². The summed E-state index contributed by atoms with van der Waals surface area (Å²) in [6.07, 6.45) is 1.62. The fourth-order valence-electron chi connectivity index (χ4n) is 2.06. The molecule has 3 N–H and O–H groups in total. The van der Waals surface area contributed by atoms with Gasteiger partial charge in [-0.3, -0.25) is 19.3 Å². The van der Waals surface area contributed by atoms with Crippen LogP contribution in [0.5, 0.6) is 0 Å². The van der Waals surface area contributed by atoms with E-state index < -0.39 is 0 Å². The van der Waals surface area contributed by atoms with Crippen molar-refractivity contribution in [1.82, 2.24) is 20.1 Å². The van der Waals surface area contributed by atoms with Crippen molar-refractivity contribution in [3.05, 3.63) is 39.3 Å². The van der Waals surface area contributed by atoms with Crippen LogP contribution in [-0.2, 0) is 22.6 Å². The van der Waals surface area contributed by atoms with Crippen LogP contribution in [0.15, 0.2) is 28.7 Å². The third kappa shape index (κ3) is 5.00. The van der Waals surface area contributed by atoms with Crippen LogP contribution in [0.4, 0.5) is 5.69 Å². The first-order valence-electron chi connectivity index (χ1n) is 7.46.